The van der Waals surface area contributed by atoms with E-state index in [0.717, 1.165) is 16.5 Å². The molecular weight excluding hydrogens is 529 g/mol. The van der Waals surface area contributed by atoms with Crippen molar-refractivity contribution >= 4 is 33.3 Å². The number of rotatable bonds is 11. The maximum Gasteiger partial charge on any atom is 1.00 e. The zero-order valence-corrected chi connectivity index (χ0v) is 23.7. The average Bonchev–Trinajstić information content (AvgIpc) is 3.33. The van der Waals surface area contributed by atoms with Gasteiger partial charge in [0, 0.05) is 23.7 Å². The van der Waals surface area contributed by atoms with Crippen molar-refractivity contribution in [2.24, 2.45) is 0 Å². The molecule has 3 aromatic rings. The van der Waals surface area contributed by atoms with Gasteiger partial charge in [-0.25, -0.2) is 0 Å². The number of nitrogens with one attached hydrogen (secondary N) is 1. The molecule has 0 saturated carbocycles. The number of ether oxygens (including phenoxy) is 2. The van der Waals surface area contributed by atoms with E-state index >= 15 is 0 Å². The molecule has 2 N–H and O–H groups in total. The fraction of sp³-hybridized carbons (Fsp3) is 0.348. The summed E-state index contributed by atoms with van der Waals surface area (Å²) in [5.41, 5.74) is 2.30. The number of hydrogen-bond donors (Lipinski definition) is 2. The van der Waals surface area contributed by atoms with Gasteiger partial charge in [0.1, 0.15) is 17.2 Å². The molecule has 10 nitrogen and oxygen atoms in total. The van der Waals surface area contributed by atoms with Crippen LogP contribution in [0.2, 0.25) is 0 Å². The van der Waals surface area contributed by atoms with Crippen LogP contribution in [-0.4, -0.2) is 45.5 Å². The van der Waals surface area contributed by atoms with Crippen LogP contribution >= 0.6 is 15.9 Å². The Morgan fingerprint density at radius 1 is 1.17 bits per heavy atom. The van der Waals surface area contributed by atoms with Gasteiger partial charge in [-0.15, -0.1) is 0 Å². The van der Waals surface area contributed by atoms with Crippen LogP contribution < -0.4 is 49.4 Å². The van der Waals surface area contributed by atoms with E-state index in [-0.39, 0.29) is 46.9 Å². The van der Waals surface area contributed by atoms with Crippen molar-refractivity contribution in [1.29, 1.82) is 0 Å². The van der Waals surface area contributed by atoms with Gasteiger partial charge in [-0.1, -0.05) is 13.3 Å². The Balaban J connectivity index is 0.00000432. The van der Waals surface area contributed by atoms with Crippen LogP contribution in [0.3, 0.4) is 0 Å². The van der Waals surface area contributed by atoms with Gasteiger partial charge in [-0.3, -0.25) is 19.9 Å². The zero-order valence-electron chi connectivity index (χ0n) is 20.1. The first kappa shape index (κ1) is 28.8. The number of carbonyl (C=O) groups excluding carboxylic acids is 2. The van der Waals surface area contributed by atoms with Crippen LogP contribution in [-0.2, 0) is 6.42 Å². The molecule has 0 unspecified atom stereocenters. The van der Waals surface area contributed by atoms with Crippen LogP contribution in [0.5, 0.6) is 17.2 Å². The number of aryl methyl sites for hydroxylation is 1. The third-order valence-electron chi connectivity index (χ3n) is 4.97. The van der Waals surface area contributed by atoms with Crippen molar-refractivity contribution in [3.05, 3.63) is 51.3 Å². The molecule has 0 bridgehead atoms. The Morgan fingerprint density at radius 3 is 2.51 bits per heavy atom. The van der Waals surface area contributed by atoms with Gasteiger partial charge in [-0.2, -0.15) is 5.21 Å². The maximum absolute atomic E-state index is 12.2. The van der Waals surface area contributed by atoms with Gasteiger partial charge in [0.05, 0.1) is 29.1 Å². The minimum atomic E-state index is -0.517. The van der Waals surface area contributed by atoms with Crippen molar-refractivity contribution in [3.8, 4) is 17.2 Å². The molecule has 3 rings (SSSR count). The molecule has 180 valence electrons. The summed E-state index contributed by atoms with van der Waals surface area (Å²) in [5, 5.41) is 26.9. The molecule has 1 amide bonds. The van der Waals surface area contributed by atoms with Gasteiger partial charge in [0.2, 0.25) is 0 Å². The van der Waals surface area contributed by atoms with E-state index in [0.29, 0.717) is 54.4 Å². The largest absolute Gasteiger partial charge is 1.00 e. The number of tetrazole rings is 1. The van der Waals surface area contributed by atoms with E-state index in [2.05, 4.69) is 41.9 Å². The number of halogens is 1. The van der Waals surface area contributed by atoms with Gasteiger partial charge < -0.3 is 25.0 Å². The van der Waals surface area contributed by atoms with Crippen LogP contribution in [0.25, 0.3) is 0 Å². The van der Waals surface area contributed by atoms with Crippen molar-refractivity contribution in [2.45, 2.75) is 40.0 Å². The molecule has 0 radical (unpaired) electrons. The second-order valence-electron chi connectivity index (χ2n) is 7.55. The molecule has 12 heteroatoms. The summed E-state index contributed by atoms with van der Waals surface area (Å²) >= 11 is 3.48. The van der Waals surface area contributed by atoms with E-state index in [1.165, 1.54) is 6.92 Å². The minimum absolute atomic E-state index is 0. The van der Waals surface area contributed by atoms with Crippen LogP contribution in [0.1, 0.15) is 58.8 Å². The van der Waals surface area contributed by atoms with E-state index < -0.39 is 5.91 Å². The van der Waals surface area contributed by atoms with Gasteiger partial charge in [0.25, 0.3) is 5.91 Å². The normalized spacial score (nSPS) is 10.4. The molecule has 2 aromatic carbocycles. The molecule has 1 heterocycles. The monoisotopic (exact) mass is 553 g/mol. The first-order valence-corrected chi connectivity index (χ1v) is 11.5. The summed E-state index contributed by atoms with van der Waals surface area (Å²) in [6.45, 7) is 5.98. The predicted octanol–water partition coefficient (Wildman–Crippen LogP) is 0.865. The number of nitrogens with zero attached hydrogens (tertiary/aromatic N) is 4. The maximum atomic E-state index is 12.2. The Bertz CT molecular complexity index is 1170. The molecule has 0 aliphatic heterocycles. The van der Waals surface area contributed by atoms with E-state index in [9.17, 15) is 14.7 Å². The number of amides is 1. The first-order valence-electron chi connectivity index (χ1n) is 10.7. The number of Topliss-reactive ketones (excluding diaryl/α,β-unsaturated/α-hetero) is 1. The number of anilines is 1. The fourth-order valence-electron chi connectivity index (χ4n) is 3.26. The molecule has 35 heavy (non-hydrogen) atoms. The molecule has 0 aliphatic carbocycles. The number of benzene rings is 2. The first-order chi connectivity index (χ1) is 16.3. The number of phenols is 1. The van der Waals surface area contributed by atoms with Crippen molar-refractivity contribution in [2.75, 3.05) is 18.5 Å². The molecule has 0 aliphatic rings. The van der Waals surface area contributed by atoms with E-state index in [1.54, 1.807) is 18.2 Å². The average molecular weight is 554 g/mol. The summed E-state index contributed by atoms with van der Waals surface area (Å²) in [4.78, 5) is 23.9. The fourth-order valence-corrected chi connectivity index (χ4v) is 3.84. The molecule has 0 spiro atoms. The third-order valence-corrected chi connectivity index (χ3v) is 5.59. The molecule has 0 atom stereocenters. The SMILES string of the molecule is CCCc1c(OCCCOc2cc(NC(=O)c3nnn[n-]3)c(C)cc2Br)ccc(C(C)=O)c1O.[Na+]. The summed E-state index contributed by atoms with van der Waals surface area (Å²) < 4.78 is 12.5. The zero-order chi connectivity index (χ0) is 24.7. The van der Waals surface area contributed by atoms with Gasteiger partial charge in [0.15, 0.2) is 5.78 Å². The predicted molar refractivity (Wildman–Crippen MR) is 128 cm³/mol. The number of aromatic nitrogens is 4. The van der Waals surface area contributed by atoms with Crippen molar-refractivity contribution in [3.63, 3.8) is 0 Å². The topological polar surface area (TPSA) is 138 Å². The van der Waals surface area contributed by atoms with E-state index in [1.807, 2.05) is 19.9 Å². The van der Waals surface area contributed by atoms with Crippen LogP contribution in [0, 0.1) is 6.92 Å². The summed E-state index contributed by atoms with van der Waals surface area (Å²) in [7, 11) is 0. The quantitative estimate of drug-likeness (QED) is 0.201. The molecule has 0 fully saturated rings. The standard InChI is InChI=1S/C23H26BrN5O5.Na/c1-4-6-16-19(8-7-15(14(3)30)21(16)31)33-9-5-10-34-20-12-18(13(2)11-17(20)24)25-23(32)22-26-28-29-27-22;/h7-8,11-12H,4-6,9-10H2,1-3H3,(H3,25,26,27,28,29,30,31,32);/q;+1/p-1. The Kier molecular flexibility index (Phi) is 11.2. The number of hydrogen-bond acceptors (Lipinski definition) is 8. The second-order valence-corrected chi connectivity index (χ2v) is 8.40. The number of carbonyl (C=O) groups is 2. The number of phenolic OH excluding ortho intramolecular Hbond substituents is 1. The summed E-state index contributed by atoms with van der Waals surface area (Å²) in [6, 6.07) is 6.84. The number of aromatic hydroxyl groups is 1. The van der Waals surface area contributed by atoms with E-state index in [4.69, 9.17) is 9.47 Å². The summed E-state index contributed by atoms with van der Waals surface area (Å²) in [5.74, 6) is 0.272. The van der Waals surface area contributed by atoms with Crippen molar-refractivity contribution < 1.29 is 53.7 Å². The minimum Gasteiger partial charge on any atom is -0.507 e. The van der Waals surface area contributed by atoms with Crippen molar-refractivity contribution in [1.82, 2.24) is 20.6 Å². The third kappa shape index (κ3) is 7.50. The van der Waals surface area contributed by atoms with Crippen LogP contribution in [0.4, 0.5) is 5.69 Å². The molecule has 1 aromatic heterocycles. The Hall–Kier alpha value is -2.47. The molecule has 0 saturated heterocycles. The van der Waals surface area contributed by atoms with Gasteiger partial charge in [-0.05, 0) is 60.0 Å². The Morgan fingerprint density at radius 2 is 1.89 bits per heavy atom. The van der Waals surface area contributed by atoms with Gasteiger partial charge >= 0.3 is 29.6 Å². The number of ketones is 1. The molecular formula is C23H25BrN5NaO5. The smallest absolute Gasteiger partial charge is 0.507 e. The van der Waals surface area contributed by atoms with Crippen LogP contribution in [0.15, 0.2) is 28.7 Å². The summed E-state index contributed by atoms with van der Waals surface area (Å²) in [6.07, 6.45) is 1.98. The second kappa shape index (κ2) is 13.6. The Labute approximate surface area is 233 Å².